The summed E-state index contributed by atoms with van der Waals surface area (Å²) in [5.74, 6) is 0.540. The Morgan fingerprint density at radius 3 is 2.86 bits per heavy atom. The highest BCUT2D eigenvalue weighted by Crippen LogP contribution is 2.31. The first kappa shape index (κ1) is 19.3. The van der Waals surface area contributed by atoms with Gasteiger partial charge in [0.1, 0.15) is 5.82 Å². The largest absolute Gasteiger partial charge is 0.337 e. The van der Waals surface area contributed by atoms with Crippen molar-refractivity contribution in [1.82, 2.24) is 15.0 Å². The summed E-state index contributed by atoms with van der Waals surface area (Å²) in [6, 6.07) is 13.6. The van der Waals surface area contributed by atoms with E-state index in [0.29, 0.717) is 17.3 Å². The first-order valence-electron chi connectivity index (χ1n) is 9.78. The van der Waals surface area contributed by atoms with Crippen molar-refractivity contribution in [3.63, 3.8) is 0 Å². The van der Waals surface area contributed by atoms with Crippen LogP contribution in [0.5, 0.6) is 0 Å². The molecule has 2 heterocycles. The van der Waals surface area contributed by atoms with Gasteiger partial charge in [-0.2, -0.15) is 4.98 Å². The van der Waals surface area contributed by atoms with Crippen LogP contribution < -0.4 is 5.32 Å². The van der Waals surface area contributed by atoms with Gasteiger partial charge in [0.2, 0.25) is 17.6 Å². The number of hydrogen-bond acceptors (Lipinski definition) is 5. The summed E-state index contributed by atoms with van der Waals surface area (Å²) in [6.07, 6.45) is 2.91. The third-order valence-corrected chi connectivity index (χ3v) is 5.09. The molecule has 1 N–H and O–H groups in total. The van der Waals surface area contributed by atoms with Crippen LogP contribution in [0.3, 0.4) is 0 Å². The highest BCUT2D eigenvalue weighted by molar-refractivity contribution is 5.92. The van der Waals surface area contributed by atoms with Gasteiger partial charge in [-0.25, -0.2) is 4.39 Å². The van der Waals surface area contributed by atoms with Crippen LogP contribution in [0.4, 0.5) is 10.1 Å². The number of anilines is 1. The fraction of sp³-hybridized carbons (Fsp3) is 0.318. The minimum absolute atomic E-state index is 0.0687. The standard InChI is InChI=1S/C22H23FN4O2/c1-15-5-4-6-18(13-15)24-20(28)14-27-12-3-2-7-19(27)22-25-21(26-29-22)16-8-10-17(23)11-9-16/h4-6,8-11,13,19H,2-3,7,12,14H2,1H3,(H,24,28)/t19-/m0/s1. The van der Waals surface area contributed by atoms with Crippen molar-refractivity contribution in [3.8, 4) is 11.4 Å². The second-order valence-electron chi connectivity index (χ2n) is 7.36. The number of aryl methyl sites for hydroxylation is 1. The smallest absolute Gasteiger partial charge is 0.244 e. The van der Waals surface area contributed by atoms with E-state index in [-0.39, 0.29) is 24.3 Å². The van der Waals surface area contributed by atoms with E-state index in [1.807, 2.05) is 31.2 Å². The van der Waals surface area contributed by atoms with E-state index in [0.717, 1.165) is 37.1 Å². The predicted octanol–water partition coefficient (Wildman–Crippen LogP) is 4.35. The summed E-state index contributed by atoms with van der Waals surface area (Å²) in [6.45, 7) is 3.04. The summed E-state index contributed by atoms with van der Waals surface area (Å²) < 4.78 is 18.6. The van der Waals surface area contributed by atoms with Gasteiger partial charge in [-0.3, -0.25) is 9.69 Å². The number of amides is 1. The molecule has 1 aromatic heterocycles. The molecule has 0 unspecified atom stereocenters. The van der Waals surface area contributed by atoms with Gasteiger partial charge in [0, 0.05) is 11.3 Å². The van der Waals surface area contributed by atoms with Crippen molar-refractivity contribution < 1.29 is 13.7 Å². The molecule has 0 spiro atoms. The lowest BCUT2D eigenvalue weighted by atomic mass is 10.0. The van der Waals surface area contributed by atoms with Crippen molar-refractivity contribution in [1.29, 1.82) is 0 Å². The Hall–Kier alpha value is -3.06. The molecule has 0 saturated carbocycles. The van der Waals surface area contributed by atoms with Crippen molar-refractivity contribution in [2.45, 2.75) is 32.2 Å². The SMILES string of the molecule is Cc1cccc(NC(=O)CN2CCCC[C@H]2c2nc(-c3ccc(F)cc3)no2)c1. The van der Waals surface area contributed by atoms with E-state index in [1.54, 1.807) is 12.1 Å². The first-order valence-corrected chi connectivity index (χ1v) is 9.78. The number of carbonyl (C=O) groups is 1. The summed E-state index contributed by atoms with van der Waals surface area (Å²) in [5.41, 5.74) is 2.58. The Morgan fingerprint density at radius 2 is 2.07 bits per heavy atom. The van der Waals surface area contributed by atoms with Crippen LogP contribution >= 0.6 is 0 Å². The second kappa shape index (κ2) is 8.53. The topological polar surface area (TPSA) is 71.3 Å². The normalized spacial score (nSPS) is 17.2. The molecule has 7 heteroatoms. The Balaban J connectivity index is 1.46. The van der Waals surface area contributed by atoms with Gasteiger partial charge in [0.15, 0.2) is 0 Å². The van der Waals surface area contributed by atoms with Gasteiger partial charge in [0.25, 0.3) is 0 Å². The van der Waals surface area contributed by atoms with E-state index >= 15 is 0 Å². The van der Waals surface area contributed by atoms with Crippen molar-refractivity contribution in [3.05, 3.63) is 65.8 Å². The molecule has 1 fully saturated rings. The third kappa shape index (κ3) is 4.68. The van der Waals surface area contributed by atoms with Crippen molar-refractivity contribution >= 4 is 11.6 Å². The maximum atomic E-state index is 13.1. The van der Waals surface area contributed by atoms with Crippen LogP contribution in [0.1, 0.15) is 36.8 Å². The summed E-state index contributed by atoms with van der Waals surface area (Å²) in [5, 5.41) is 7.00. The van der Waals surface area contributed by atoms with Gasteiger partial charge in [-0.1, -0.05) is 23.7 Å². The Bertz CT molecular complexity index is 986. The van der Waals surface area contributed by atoms with E-state index in [1.165, 1.54) is 12.1 Å². The summed E-state index contributed by atoms with van der Waals surface area (Å²) >= 11 is 0. The van der Waals surface area contributed by atoms with Crippen LogP contribution in [0, 0.1) is 12.7 Å². The van der Waals surface area contributed by atoms with Gasteiger partial charge in [-0.15, -0.1) is 0 Å². The second-order valence-corrected chi connectivity index (χ2v) is 7.36. The molecule has 150 valence electrons. The van der Waals surface area contributed by atoms with E-state index < -0.39 is 0 Å². The molecule has 6 nitrogen and oxygen atoms in total. The molecule has 0 aliphatic carbocycles. The lowest BCUT2D eigenvalue weighted by Gasteiger charge is -2.32. The fourth-order valence-electron chi connectivity index (χ4n) is 3.65. The van der Waals surface area contributed by atoms with Gasteiger partial charge in [-0.05, 0) is 68.3 Å². The molecular formula is C22H23FN4O2. The molecule has 2 aromatic carbocycles. The number of likely N-dealkylation sites (tertiary alicyclic amines) is 1. The summed E-state index contributed by atoms with van der Waals surface area (Å²) in [7, 11) is 0. The molecule has 1 amide bonds. The Labute approximate surface area is 168 Å². The monoisotopic (exact) mass is 394 g/mol. The Morgan fingerprint density at radius 1 is 1.24 bits per heavy atom. The number of hydrogen-bond donors (Lipinski definition) is 1. The number of carbonyl (C=O) groups excluding carboxylic acids is 1. The number of halogens is 1. The highest BCUT2D eigenvalue weighted by atomic mass is 19.1. The van der Waals surface area contributed by atoms with Crippen LogP contribution in [0.25, 0.3) is 11.4 Å². The minimum atomic E-state index is -0.310. The maximum absolute atomic E-state index is 13.1. The number of benzene rings is 2. The zero-order chi connectivity index (χ0) is 20.2. The molecule has 1 aliphatic heterocycles. The Kier molecular flexibility index (Phi) is 5.67. The molecule has 0 bridgehead atoms. The third-order valence-electron chi connectivity index (χ3n) is 5.09. The molecule has 1 aliphatic rings. The summed E-state index contributed by atoms with van der Waals surface area (Å²) in [4.78, 5) is 19.2. The van der Waals surface area contributed by atoms with Crippen LogP contribution in [-0.4, -0.2) is 34.0 Å². The zero-order valence-corrected chi connectivity index (χ0v) is 16.3. The van der Waals surface area contributed by atoms with E-state index in [9.17, 15) is 9.18 Å². The number of rotatable bonds is 5. The maximum Gasteiger partial charge on any atom is 0.244 e. The van der Waals surface area contributed by atoms with Crippen LogP contribution in [0.15, 0.2) is 53.1 Å². The highest BCUT2D eigenvalue weighted by Gasteiger charge is 2.30. The zero-order valence-electron chi connectivity index (χ0n) is 16.3. The lowest BCUT2D eigenvalue weighted by Crippen LogP contribution is -2.39. The molecule has 29 heavy (non-hydrogen) atoms. The molecule has 4 rings (SSSR count). The minimum Gasteiger partial charge on any atom is -0.337 e. The van der Waals surface area contributed by atoms with Crippen LogP contribution in [-0.2, 0) is 4.79 Å². The fourth-order valence-corrected chi connectivity index (χ4v) is 3.65. The van der Waals surface area contributed by atoms with Crippen molar-refractivity contribution in [2.75, 3.05) is 18.4 Å². The van der Waals surface area contributed by atoms with Crippen molar-refractivity contribution in [2.24, 2.45) is 0 Å². The van der Waals surface area contributed by atoms with Gasteiger partial charge in [0.05, 0.1) is 12.6 Å². The number of nitrogens with zero attached hydrogens (tertiary/aromatic N) is 3. The van der Waals surface area contributed by atoms with Gasteiger partial charge >= 0.3 is 0 Å². The molecule has 0 radical (unpaired) electrons. The lowest BCUT2D eigenvalue weighted by molar-refractivity contribution is -0.118. The average Bonchev–Trinajstić information content (AvgIpc) is 3.19. The average molecular weight is 394 g/mol. The number of aromatic nitrogens is 2. The number of piperidine rings is 1. The first-order chi connectivity index (χ1) is 14.1. The molecule has 3 aromatic rings. The molecular weight excluding hydrogens is 371 g/mol. The number of nitrogens with one attached hydrogen (secondary N) is 1. The predicted molar refractivity (Wildman–Crippen MR) is 108 cm³/mol. The van der Waals surface area contributed by atoms with Crippen LogP contribution in [0.2, 0.25) is 0 Å². The van der Waals surface area contributed by atoms with E-state index in [2.05, 4.69) is 20.4 Å². The molecule has 1 atom stereocenters. The quantitative estimate of drug-likeness (QED) is 0.697. The molecule has 1 saturated heterocycles. The van der Waals surface area contributed by atoms with Gasteiger partial charge < -0.3 is 9.84 Å². The van der Waals surface area contributed by atoms with E-state index in [4.69, 9.17) is 4.52 Å².